The normalized spacial score (nSPS) is 24.6. The molecule has 0 spiro atoms. The van der Waals surface area contributed by atoms with Crippen molar-refractivity contribution in [3.8, 4) is 0 Å². The lowest BCUT2D eigenvalue weighted by molar-refractivity contribution is -0.131. The average Bonchev–Trinajstić information content (AvgIpc) is 2.33. The van der Waals surface area contributed by atoms with Gasteiger partial charge in [-0.15, -0.1) is 0 Å². The number of nitrogens with two attached hydrogens (primary N) is 1. The van der Waals surface area contributed by atoms with E-state index in [1.54, 1.807) is 11.9 Å². The van der Waals surface area contributed by atoms with E-state index in [-0.39, 0.29) is 5.91 Å². The Balaban J connectivity index is 2.26. The summed E-state index contributed by atoms with van der Waals surface area (Å²) in [6.07, 6.45) is 4.75. The molecule has 0 radical (unpaired) electrons. The first-order valence-corrected chi connectivity index (χ1v) is 8.24. The first-order valence-electron chi connectivity index (χ1n) is 7.83. The van der Waals surface area contributed by atoms with Gasteiger partial charge in [0.25, 0.3) is 0 Å². The molecule has 1 saturated carbocycles. The van der Waals surface area contributed by atoms with Crippen LogP contribution in [0.15, 0.2) is 0 Å². The highest BCUT2D eigenvalue weighted by Gasteiger charge is 2.32. The van der Waals surface area contributed by atoms with Gasteiger partial charge in [0, 0.05) is 20.0 Å². The highest BCUT2D eigenvalue weighted by atomic mass is 32.1. The fraction of sp³-hybridized carbons (Fsp3) is 0.875. The van der Waals surface area contributed by atoms with Crippen molar-refractivity contribution in [1.82, 2.24) is 4.90 Å². The molecule has 0 aliphatic heterocycles. The Hall–Kier alpha value is -0.680. The number of rotatable bonds is 7. The summed E-state index contributed by atoms with van der Waals surface area (Å²) < 4.78 is 5.94. The van der Waals surface area contributed by atoms with Crippen molar-refractivity contribution in [3.05, 3.63) is 0 Å². The maximum absolute atomic E-state index is 12.0. The molecule has 0 saturated heterocycles. The first-order chi connectivity index (χ1) is 9.69. The Labute approximate surface area is 134 Å². The minimum atomic E-state index is 0.0920. The third-order valence-corrected chi connectivity index (χ3v) is 4.34. The van der Waals surface area contributed by atoms with Crippen molar-refractivity contribution in [1.29, 1.82) is 0 Å². The van der Waals surface area contributed by atoms with Crippen LogP contribution in [0.4, 0.5) is 0 Å². The number of carbonyl (C=O) groups is 1. The number of thiocarbonyl (C=S) groups is 1. The van der Waals surface area contributed by atoms with Crippen molar-refractivity contribution in [2.24, 2.45) is 17.1 Å². The van der Waals surface area contributed by atoms with E-state index in [2.05, 4.69) is 20.8 Å². The van der Waals surface area contributed by atoms with Gasteiger partial charge in [0.15, 0.2) is 0 Å². The number of hydrogen-bond donors (Lipinski definition) is 1. The second-order valence-electron chi connectivity index (χ2n) is 7.19. The zero-order valence-electron chi connectivity index (χ0n) is 13.9. The van der Waals surface area contributed by atoms with Crippen LogP contribution in [0.2, 0.25) is 0 Å². The summed E-state index contributed by atoms with van der Waals surface area (Å²) in [6.45, 7) is 7.97. The van der Waals surface area contributed by atoms with E-state index in [0.717, 1.165) is 12.8 Å². The van der Waals surface area contributed by atoms with Gasteiger partial charge in [0.1, 0.15) is 0 Å². The largest absolute Gasteiger partial charge is 0.393 e. The van der Waals surface area contributed by atoms with E-state index < -0.39 is 0 Å². The summed E-state index contributed by atoms with van der Waals surface area (Å²) in [6, 6.07) is 0. The van der Waals surface area contributed by atoms with Crippen LogP contribution in [0.5, 0.6) is 0 Å². The molecule has 1 amide bonds. The molecule has 1 aliphatic rings. The second kappa shape index (κ2) is 8.08. The standard InChI is InChI=1S/C16H30N2O2S/c1-12-9-13(11-16(2,3)10-12)20-8-6-15(19)18(4)7-5-14(17)21/h12-13H,5-11H2,1-4H3,(H2,17,21). The van der Waals surface area contributed by atoms with Crippen molar-refractivity contribution in [3.63, 3.8) is 0 Å². The van der Waals surface area contributed by atoms with Crippen LogP contribution >= 0.6 is 12.2 Å². The molecule has 5 heteroatoms. The predicted octanol–water partition coefficient (Wildman–Crippen LogP) is 2.74. The molecule has 1 aliphatic carbocycles. The SMILES string of the molecule is CC1CC(OCCC(=O)N(C)CCC(N)=S)CC(C)(C)C1. The molecule has 0 bridgehead atoms. The van der Waals surface area contributed by atoms with E-state index in [4.69, 9.17) is 22.7 Å². The van der Waals surface area contributed by atoms with Gasteiger partial charge in [-0.25, -0.2) is 0 Å². The van der Waals surface area contributed by atoms with E-state index in [1.807, 2.05) is 0 Å². The Morgan fingerprint density at radius 1 is 1.38 bits per heavy atom. The summed E-state index contributed by atoms with van der Waals surface area (Å²) >= 11 is 4.82. The molecule has 0 heterocycles. The monoisotopic (exact) mass is 314 g/mol. The molecule has 1 rings (SSSR count). The fourth-order valence-corrected chi connectivity index (χ4v) is 3.38. The molecule has 2 N–H and O–H groups in total. The zero-order chi connectivity index (χ0) is 16.0. The van der Waals surface area contributed by atoms with Crippen LogP contribution in [-0.4, -0.2) is 42.1 Å². The molecule has 0 aromatic rings. The Kier molecular flexibility index (Phi) is 7.07. The van der Waals surface area contributed by atoms with Crippen LogP contribution in [0.25, 0.3) is 0 Å². The van der Waals surface area contributed by atoms with Gasteiger partial charge in [-0.2, -0.15) is 0 Å². The van der Waals surface area contributed by atoms with Gasteiger partial charge in [-0.1, -0.05) is 33.0 Å². The van der Waals surface area contributed by atoms with Gasteiger partial charge in [-0.05, 0) is 30.6 Å². The highest BCUT2D eigenvalue weighted by Crippen LogP contribution is 2.39. The molecule has 4 nitrogen and oxygen atoms in total. The first kappa shape index (κ1) is 18.4. The lowest BCUT2D eigenvalue weighted by atomic mass is 9.71. The molecule has 122 valence electrons. The molecular formula is C16H30N2O2S. The van der Waals surface area contributed by atoms with Crippen molar-refractivity contribution in [2.75, 3.05) is 20.2 Å². The number of carbonyl (C=O) groups excluding carboxylic acids is 1. The Bertz CT molecular complexity index is 371. The maximum Gasteiger partial charge on any atom is 0.224 e. The zero-order valence-corrected chi connectivity index (χ0v) is 14.7. The van der Waals surface area contributed by atoms with Crippen LogP contribution in [0.1, 0.15) is 52.9 Å². The average molecular weight is 314 g/mol. The summed E-state index contributed by atoms with van der Waals surface area (Å²) in [5.74, 6) is 0.789. The smallest absolute Gasteiger partial charge is 0.224 e. The number of ether oxygens (including phenoxy) is 1. The van der Waals surface area contributed by atoms with Crippen LogP contribution in [0.3, 0.4) is 0 Å². The lowest BCUT2D eigenvalue weighted by Crippen LogP contribution is -2.34. The molecule has 0 aromatic carbocycles. The van der Waals surface area contributed by atoms with Gasteiger partial charge < -0.3 is 15.4 Å². The quantitative estimate of drug-likeness (QED) is 0.734. The predicted molar refractivity (Wildman–Crippen MR) is 90.2 cm³/mol. The van der Waals surface area contributed by atoms with Gasteiger partial charge in [0.05, 0.1) is 24.1 Å². The third kappa shape index (κ3) is 7.23. The molecule has 21 heavy (non-hydrogen) atoms. The molecular weight excluding hydrogens is 284 g/mol. The third-order valence-electron chi connectivity index (χ3n) is 4.14. The maximum atomic E-state index is 12.0. The Morgan fingerprint density at radius 3 is 2.62 bits per heavy atom. The molecule has 1 fully saturated rings. The second-order valence-corrected chi connectivity index (χ2v) is 7.71. The number of amides is 1. The van der Waals surface area contributed by atoms with Crippen molar-refractivity contribution < 1.29 is 9.53 Å². The fourth-order valence-electron chi connectivity index (χ4n) is 3.29. The number of nitrogens with zero attached hydrogens (tertiary/aromatic N) is 1. The summed E-state index contributed by atoms with van der Waals surface area (Å²) in [5, 5.41) is 0. The highest BCUT2D eigenvalue weighted by molar-refractivity contribution is 7.80. The molecule has 2 atom stereocenters. The summed E-state index contributed by atoms with van der Waals surface area (Å²) in [5.41, 5.74) is 5.79. The number of hydrogen-bond acceptors (Lipinski definition) is 3. The van der Waals surface area contributed by atoms with E-state index in [9.17, 15) is 4.79 Å². The summed E-state index contributed by atoms with van der Waals surface area (Å²) in [7, 11) is 1.78. The lowest BCUT2D eigenvalue weighted by Gasteiger charge is -2.38. The topological polar surface area (TPSA) is 55.6 Å². The van der Waals surface area contributed by atoms with E-state index in [1.165, 1.54) is 6.42 Å². The van der Waals surface area contributed by atoms with Crippen LogP contribution < -0.4 is 5.73 Å². The summed E-state index contributed by atoms with van der Waals surface area (Å²) in [4.78, 5) is 14.1. The molecule has 0 aromatic heterocycles. The minimum absolute atomic E-state index is 0.0920. The minimum Gasteiger partial charge on any atom is -0.393 e. The van der Waals surface area contributed by atoms with E-state index >= 15 is 0 Å². The molecule has 2 unspecified atom stereocenters. The van der Waals surface area contributed by atoms with E-state index in [0.29, 0.717) is 48.4 Å². The van der Waals surface area contributed by atoms with Crippen LogP contribution in [0, 0.1) is 11.3 Å². The van der Waals surface area contributed by atoms with Gasteiger partial charge in [-0.3, -0.25) is 4.79 Å². The Morgan fingerprint density at radius 2 is 2.05 bits per heavy atom. The van der Waals surface area contributed by atoms with Gasteiger partial charge >= 0.3 is 0 Å². The van der Waals surface area contributed by atoms with Crippen molar-refractivity contribution in [2.45, 2.75) is 59.0 Å². The van der Waals surface area contributed by atoms with Crippen molar-refractivity contribution >= 4 is 23.1 Å². The van der Waals surface area contributed by atoms with Gasteiger partial charge in [0.2, 0.25) is 5.91 Å². The van der Waals surface area contributed by atoms with Crippen LogP contribution in [-0.2, 0) is 9.53 Å².